The van der Waals surface area contributed by atoms with Gasteiger partial charge in [-0.25, -0.2) is 18.7 Å². The standard InChI is InChI=1S/C13H14F2N4/c1-8(5-16)19-13-17-6-10(7-18-13)9-2-3-11(14)12(15)4-9/h2-4,6-8H,5,16H2,1H3,(H,17,18,19). The molecule has 3 N–H and O–H groups in total. The molecule has 0 bridgehead atoms. The smallest absolute Gasteiger partial charge is 0.222 e. The quantitative estimate of drug-likeness (QED) is 0.888. The van der Waals surface area contributed by atoms with Gasteiger partial charge in [0.25, 0.3) is 0 Å². The van der Waals surface area contributed by atoms with E-state index in [9.17, 15) is 8.78 Å². The van der Waals surface area contributed by atoms with Crippen molar-refractivity contribution in [3.8, 4) is 11.1 Å². The number of nitrogens with zero attached hydrogens (tertiary/aromatic N) is 2. The van der Waals surface area contributed by atoms with Crippen LogP contribution in [0.1, 0.15) is 6.92 Å². The number of aromatic nitrogens is 2. The Morgan fingerprint density at radius 3 is 2.42 bits per heavy atom. The number of nitrogens with two attached hydrogens (primary N) is 1. The summed E-state index contributed by atoms with van der Waals surface area (Å²) < 4.78 is 26.0. The molecule has 1 atom stereocenters. The van der Waals surface area contributed by atoms with Crippen LogP contribution < -0.4 is 11.1 Å². The third-order valence-corrected chi connectivity index (χ3v) is 2.63. The molecule has 19 heavy (non-hydrogen) atoms. The summed E-state index contributed by atoms with van der Waals surface area (Å²) >= 11 is 0. The van der Waals surface area contributed by atoms with E-state index in [2.05, 4.69) is 15.3 Å². The lowest BCUT2D eigenvalue weighted by Crippen LogP contribution is -2.26. The second-order valence-corrected chi connectivity index (χ2v) is 4.21. The van der Waals surface area contributed by atoms with Crippen LogP contribution >= 0.6 is 0 Å². The van der Waals surface area contributed by atoms with E-state index in [1.54, 1.807) is 12.4 Å². The van der Waals surface area contributed by atoms with Gasteiger partial charge in [0, 0.05) is 30.5 Å². The van der Waals surface area contributed by atoms with Crippen molar-refractivity contribution in [3.63, 3.8) is 0 Å². The Kier molecular flexibility index (Phi) is 4.01. The van der Waals surface area contributed by atoms with E-state index in [0.717, 1.165) is 12.1 Å². The Balaban J connectivity index is 2.20. The van der Waals surface area contributed by atoms with Crippen LogP contribution in [0.3, 0.4) is 0 Å². The first-order chi connectivity index (χ1) is 9.10. The fraction of sp³-hybridized carbons (Fsp3) is 0.231. The molecule has 0 saturated heterocycles. The van der Waals surface area contributed by atoms with Crippen molar-refractivity contribution in [2.75, 3.05) is 11.9 Å². The molecule has 0 amide bonds. The van der Waals surface area contributed by atoms with Crippen LogP contribution in [-0.4, -0.2) is 22.6 Å². The van der Waals surface area contributed by atoms with Gasteiger partial charge in [0.15, 0.2) is 11.6 Å². The van der Waals surface area contributed by atoms with Gasteiger partial charge in [-0.05, 0) is 24.6 Å². The van der Waals surface area contributed by atoms with E-state index in [1.807, 2.05) is 6.92 Å². The van der Waals surface area contributed by atoms with Gasteiger partial charge in [-0.1, -0.05) is 6.07 Å². The van der Waals surface area contributed by atoms with Gasteiger partial charge in [-0.3, -0.25) is 0 Å². The Morgan fingerprint density at radius 2 is 1.84 bits per heavy atom. The summed E-state index contributed by atoms with van der Waals surface area (Å²) in [5, 5.41) is 3.01. The van der Waals surface area contributed by atoms with Crippen LogP contribution in [-0.2, 0) is 0 Å². The van der Waals surface area contributed by atoms with Crippen LogP contribution in [0.25, 0.3) is 11.1 Å². The Hall–Kier alpha value is -2.08. The van der Waals surface area contributed by atoms with E-state index >= 15 is 0 Å². The van der Waals surface area contributed by atoms with Gasteiger partial charge < -0.3 is 11.1 Å². The van der Waals surface area contributed by atoms with E-state index in [1.165, 1.54) is 6.07 Å². The number of anilines is 1. The van der Waals surface area contributed by atoms with E-state index < -0.39 is 11.6 Å². The first kappa shape index (κ1) is 13.4. The summed E-state index contributed by atoms with van der Waals surface area (Å²) in [5.41, 5.74) is 6.62. The maximum absolute atomic E-state index is 13.1. The van der Waals surface area contributed by atoms with Crippen molar-refractivity contribution in [2.45, 2.75) is 13.0 Å². The molecule has 1 unspecified atom stereocenters. The molecule has 0 aliphatic rings. The molecule has 0 aliphatic carbocycles. The molecular formula is C13H14F2N4. The molecular weight excluding hydrogens is 250 g/mol. The molecule has 100 valence electrons. The van der Waals surface area contributed by atoms with Gasteiger partial charge in [-0.15, -0.1) is 0 Å². The van der Waals surface area contributed by atoms with Gasteiger partial charge in [-0.2, -0.15) is 0 Å². The van der Waals surface area contributed by atoms with Gasteiger partial charge in [0.1, 0.15) is 0 Å². The zero-order valence-electron chi connectivity index (χ0n) is 10.4. The van der Waals surface area contributed by atoms with Gasteiger partial charge in [0.05, 0.1) is 0 Å². The third-order valence-electron chi connectivity index (χ3n) is 2.63. The van der Waals surface area contributed by atoms with Crippen molar-refractivity contribution in [2.24, 2.45) is 5.73 Å². The first-order valence-corrected chi connectivity index (χ1v) is 5.84. The number of benzene rings is 1. The lowest BCUT2D eigenvalue weighted by molar-refractivity contribution is 0.509. The maximum Gasteiger partial charge on any atom is 0.222 e. The lowest BCUT2D eigenvalue weighted by Gasteiger charge is -2.11. The zero-order chi connectivity index (χ0) is 13.8. The number of hydrogen-bond acceptors (Lipinski definition) is 4. The summed E-state index contributed by atoms with van der Waals surface area (Å²) in [4.78, 5) is 8.20. The van der Waals surface area contributed by atoms with Crippen molar-refractivity contribution in [1.29, 1.82) is 0 Å². The van der Waals surface area contributed by atoms with Crippen LogP contribution in [0.15, 0.2) is 30.6 Å². The van der Waals surface area contributed by atoms with Crippen LogP contribution in [0.4, 0.5) is 14.7 Å². The second kappa shape index (κ2) is 5.71. The summed E-state index contributed by atoms with van der Waals surface area (Å²) in [5.74, 6) is -1.32. The average Bonchev–Trinajstić information content (AvgIpc) is 2.42. The molecule has 2 rings (SSSR count). The molecule has 6 heteroatoms. The SMILES string of the molecule is CC(CN)Nc1ncc(-c2ccc(F)c(F)c2)cn1. The van der Waals surface area contributed by atoms with E-state index in [0.29, 0.717) is 23.6 Å². The number of nitrogens with one attached hydrogen (secondary N) is 1. The highest BCUT2D eigenvalue weighted by Gasteiger charge is 2.06. The number of halogens is 2. The zero-order valence-corrected chi connectivity index (χ0v) is 10.4. The highest BCUT2D eigenvalue weighted by Crippen LogP contribution is 2.20. The Labute approximate surface area is 109 Å². The molecule has 2 aromatic rings. The number of hydrogen-bond donors (Lipinski definition) is 2. The summed E-state index contributed by atoms with van der Waals surface area (Å²) in [7, 11) is 0. The molecule has 0 spiro atoms. The Morgan fingerprint density at radius 1 is 1.16 bits per heavy atom. The highest BCUT2D eigenvalue weighted by molar-refractivity contribution is 5.62. The Bertz CT molecular complexity index is 557. The number of rotatable bonds is 4. The minimum atomic E-state index is -0.892. The van der Waals surface area contributed by atoms with E-state index in [-0.39, 0.29) is 6.04 Å². The molecule has 4 nitrogen and oxygen atoms in total. The first-order valence-electron chi connectivity index (χ1n) is 5.84. The van der Waals surface area contributed by atoms with Gasteiger partial charge in [0.2, 0.25) is 5.95 Å². The maximum atomic E-state index is 13.1. The largest absolute Gasteiger partial charge is 0.351 e. The normalized spacial score (nSPS) is 12.2. The van der Waals surface area contributed by atoms with Crippen LogP contribution in [0.5, 0.6) is 0 Å². The summed E-state index contributed by atoms with van der Waals surface area (Å²) in [6.07, 6.45) is 3.09. The topological polar surface area (TPSA) is 63.8 Å². The van der Waals surface area contributed by atoms with Crippen molar-refractivity contribution >= 4 is 5.95 Å². The summed E-state index contributed by atoms with van der Waals surface area (Å²) in [6, 6.07) is 3.73. The molecule has 0 fully saturated rings. The average molecular weight is 264 g/mol. The predicted octanol–water partition coefficient (Wildman–Crippen LogP) is 2.18. The molecule has 0 radical (unpaired) electrons. The van der Waals surface area contributed by atoms with Crippen LogP contribution in [0, 0.1) is 11.6 Å². The molecule has 1 aromatic heterocycles. The monoisotopic (exact) mass is 264 g/mol. The van der Waals surface area contributed by atoms with Crippen molar-refractivity contribution in [3.05, 3.63) is 42.2 Å². The van der Waals surface area contributed by atoms with Gasteiger partial charge >= 0.3 is 0 Å². The fourth-order valence-electron chi connectivity index (χ4n) is 1.51. The molecule has 0 aliphatic heterocycles. The minimum absolute atomic E-state index is 0.0640. The van der Waals surface area contributed by atoms with Crippen LogP contribution in [0.2, 0.25) is 0 Å². The predicted molar refractivity (Wildman–Crippen MR) is 69.5 cm³/mol. The molecule has 0 saturated carbocycles. The molecule has 1 aromatic carbocycles. The highest BCUT2D eigenvalue weighted by atomic mass is 19.2. The summed E-state index contributed by atoms with van der Waals surface area (Å²) in [6.45, 7) is 2.38. The van der Waals surface area contributed by atoms with E-state index in [4.69, 9.17) is 5.73 Å². The second-order valence-electron chi connectivity index (χ2n) is 4.21. The lowest BCUT2D eigenvalue weighted by atomic mass is 10.1. The third kappa shape index (κ3) is 3.23. The molecule has 1 heterocycles. The van der Waals surface area contributed by atoms with Crippen molar-refractivity contribution in [1.82, 2.24) is 9.97 Å². The van der Waals surface area contributed by atoms with Crippen molar-refractivity contribution < 1.29 is 8.78 Å². The fourth-order valence-corrected chi connectivity index (χ4v) is 1.51. The minimum Gasteiger partial charge on any atom is -0.351 e.